The predicted molar refractivity (Wildman–Crippen MR) is 86.8 cm³/mol. The van der Waals surface area contributed by atoms with Crippen LogP contribution in [-0.2, 0) is 0 Å². The van der Waals surface area contributed by atoms with Crippen molar-refractivity contribution in [2.24, 2.45) is 0 Å². The summed E-state index contributed by atoms with van der Waals surface area (Å²) in [4.78, 5) is 12.6. The van der Waals surface area contributed by atoms with Crippen LogP contribution in [0.15, 0.2) is 42.5 Å². The molecular weight excluding hydrogens is 266 g/mol. The lowest BCUT2D eigenvalue weighted by Gasteiger charge is -2.11. The van der Waals surface area contributed by atoms with Crippen molar-refractivity contribution in [2.45, 2.75) is 0 Å². The molecule has 0 N–H and O–H groups in total. The SMILES string of the molecule is CN(C)c1ccc2c(c1)sc1nc3ccccc3nc12. The van der Waals surface area contributed by atoms with E-state index in [0.717, 1.165) is 21.4 Å². The van der Waals surface area contributed by atoms with Crippen LogP contribution in [0.4, 0.5) is 5.69 Å². The first kappa shape index (κ1) is 11.6. The molecule has 0 aliphatic rings. The molecule has 0 fully saturated rings. The van der Waals surface area contributed by atoms with Crippen LogP contribution >= 0.6 is 11.3 Å². The maximum Gasteiger partial charge on any atom is 0.143 e. The Morgan fingerprint density at radius 2 is 1.70 bits per heavy atom. The first-order valence-electron chi connectivity index (χ1n) is 6.49. The topological polar surface area (TPSA) is 29.0 Å². The van der Waals surface area contributed by atoms with Crippen molar-refractivity contribution in [2.75, 3.05) is 19.0 Å². The van der Waals surface area contributed by atoms with Crippen LogP contribution in [0.2, 0.25) is 0 Å². The summed E-state index contributed by atoms with van der Waals surface area (Å²) in [5, 5.41) is 1.19. The van der Waals surface area contributed by atoms with E-state index >= 15 is 0 Å². The van der Waals surface area contributed by atoms with E-state index < -0.39 is 0 Å². The third kappa shape index (κ3) is 1.65. The normalized spacial score (nSPS) is 11.5. The molecule has 0 spiro atoms. The lowest BCUT2D eigenvalue weighted by molar-refractivity contribution is 1.14. The quantitative estimate of drug-likeness (QED) is 0.526. The van der Waals surface area contributed by atoms with Gasteiger partial charge in [0.25, 0.3) is 0 Å². The van der Waals surface area contributed by atoms with E-state index in [1.807, 2.05) is 24.3 Å². The van der Waals surface area contributed by atoms with E-state index in [1.54, 1.807) is 11.3 Å². The van der Waals surface area contributed by atoms with Gasteiger partial charge in [-0.2, -0.15) is 0 Å². The highest BCUT2D eigenvalue weighted by Crippen LogP contribution is 2.34. The zero-order valence-corrected chi connectivity index (χ0v) is 12.1. The van der Waals surface area contributed by atoms with Crippen molar-refractivity contribution >= 4 is 48.5 Å². The zero-order chi connectivity index (χ0) is 13.7. The monoisotopic (exact) mass is 279 g/mol. The molecule has 98 valence electrons. The second-order valence-corrected chi connectivity index (χ2v) is 6.07. The van der Waals surface area contributed by atoms with Crippen LogP contribution in [0.25, 0.3) is 31.5 Å². The molecule has 0 saturated heterocycles. The molecule has 2 heterocycles. The standard InChI is InChI=1S/C16H13N3S/c1-19(2)10-7-8-11-14(9-10)20-16-15(11)17-12-5-3-4-6-13(12)18-16/h3-9H,1-2H3. The number of hydrogen-bond donors (Lipinski definition) is 0. The average Bonchev–Trinajstić information content (AvgIpc) is 2.81. The van der Waals surface area contributed by atoms with Gasteiger partial charge in [-0.1, -0.05) is 12.1 Å². The van der Waals surface area contributed by atoms with Gasteiger partial charge in [-0.3, -0.25) is 0 Å². The van der Waals surface area contributed by atoms with Crippen LogP contribution in [0.3, 0.4) is 0 Å². The Balaban J connectivity index is 2.10. The third-order valence-corrected chi connectivity index (χ3v) is 4.52. The molecule has 2 aromatic carbocycles. The first-order chi connectivity index (χ1) is 9.72. The Kier molecular flexibility index (Phi) is 2.41. The van der Waals surface area contributed by atoms with Crippen molar-refractivity contribution in [3.8, 4) is 0 Å². The molecule has 3 nitrogen and oxygen atoms in total. The molecule has 0 bridgehead atoms. The summed E-state index contributed by atoms with van der Waals surface area (Å²) in [6.45, 7) is 0. The molecule has 0 atom stereocenters. The largest absolute Gasteiger partial charge is 0.378 e. The summed E-state index contributed by atoms with van der Waals surface area (Å²) in [5.74, 6) is 0. The molecule has 0 unspecified atom stereocenters. The second kappa shape index (κ2) is 4.15. The van der Waals surface area contributed by atoms with Gasteiger partial charge in [-0.15, -0.1) is 11.3 Å². The number of benzene rings is 2. The second-order valence-electron chi connectivity index (χ2n) is 5.04. The predicted octanol–water partition coefficient (Wildman–Crippen LogP) is 4.06. The highest BCUT2D eigenvalue weighted by atomic mass is 32.1. The number of anilines is 1. The minimum absolute atomic E-state index is 0.955. The Labute approximate surface area is 120 Å². The van der Waals surface area contributed by atoms with E-state index in [-0.39, 0.29) is 0 Å². The van der Waals surface area contributed by atoms with Gasteiger partial charge in [0.1, 0.15) is 10.3 Å². The van der Waals surface area contributed by atoms with Crippen molar-refractivity contribution in [1.29, 1.82) is 0 Å². The number of rotatable bonds is 1. The minimum atomic E-state index is 0.955. The van der Waals surface area contributed by atoms with E-state index in [4.69, 9.17) is 9.97 Å². The third-order valence-electron chi connectivity index (χ3n) is 3.48. The van der Waals surface area contributed by atoms with Gasteiger partial charge >= 0.3 is 0 Å². The summed E-state index contributed by atoms with van der Waals surface area (Å²) >= 11 is 1.71. The Morgan fingerprint density at radius 3 is 2.45 bits per heavy atom. The van der Waals surface area contributed by atoms with Crippen LogP contribution in [0.5, 0.6) is 0 Å². The Bertz CT molecular complexity index is 940. The van der Waals surface area contributed by atoms with Crippen molar-refractivity contribution in [3.05, 3.63) is 42.5 Å². The highest BCUT2D eigenvalue weighted by Gasteiger charge is 2.10. The Morgan fingerprint density at radius 1 is 0.950 bits per heavy atom. The van der Waals surface area contributed by atoms with Crippen LogP contribution in [0.1, 0.15) is 0 Å². The van der Waals surface area contributed by atoms with Gasteiger partial charge in [0.2, 0.25) is 0 Å². The minimum Gasteiger partial charge on any atom is -0.378 e. The van der Waals surface area contributed by atoms with Crippen molar-refractivity contribution in [1.82, 2.24) is 9.97 Å². The number of fused-ring (bicyclic) bond motifs is 4. The lowest BCUT2D eigenvalue weighted by atomic mass is 10.2. The van der Waals surface area contributed by atoms with Crippen LogP contribution in [-0.4, -0.2) is 24.1 Å². The number of thiophene rings is 1. The van der Waals surface area contributed by atoms with E-state index in [0.29, 0.717) is 0 Å². The number of hydrogen-bond acceptors (Lipinski definition) is 4. The molecule has 20 heavy (non-hydrogen) atoms. The maximum absolute atomic E-state index is 4.77. The van der Waals surface area contributed by atoms with Gasteiger partial charge in [-0.25, -0.2) is 9.97 Å². The molecule has 4 rings (SSSR count). The number of aromatic nitrogens is 2. The van der Waals surface area contributed by atoms with Crippen LogP contribution < -0.4 is 4.90 Å². The van der Waals surface area contributed by atoms with E-state index in [1.165, 1.54) is 15.8 Å². The fourth-order valence-corrected chi connectivity index (χ4v) is 3.46. The summed E-state index contributed by atoms with van der Waals surface area (Å²) in [7, 11) is 4.11. The summed E-state index contributed by atoms with van der Waals surface area (Å²) in [5.41, 5.74) is 4.12. The molecule has 2 aromatic heterocycles. The highest BCUT2D eigenvalue weighted by molar-refractivity contribution is 7.25. The smallest absolute Gasteiger partial charge is 0.143 e. The fourth-order valence-electron chi connectivity index (χ4n) is 2.40. The summed E-state index contributed by atoms with van der Waals surface area (Å²) in [6, 6.07) is 14.5. The lowest BCUT2D eigenvalue weighted by Crippen LogP contribution is -2.07. The van der Waals surface area contributed by atoms with Crippen molar-refractivity contribution in [3.63, 3.8) is 0 Å². The van der Waals surface area contributed by atoms with Crippen molar-refractivity contribution < 1.29 is 0 Å². The van der Waals surface area contributed by atoms with Gasteiger partial charge in [0.05, 0.1) is 11.0 Å². The van der Waals surface area contributed by atoms with E-state index in [9.17, 15) is 0 Å². The molecule has 4 aromatic rings. The molecule has 4 heteroatoms. The first-order valence-corrected chi connectivity index (χ1v) is 7.30. The molecule has 0 amide bonds. The fraction of sp³-hybridized carbons (Fsp3) is 0.125. The van der Waals surface area contributed by atoms with Gasteiger partial charge in [-0.05, 0) is 30.3 Å². The molecule has 0 aliphatic carbocycles. The maximum atomic E-state index is 4.77. The van der Waals surface area contributed by atoms with Crippen LogP contribution in [0, 0.1) is 0 Å². The zero-order valence-electron chi connectivity index (χ0n) is 11.3. The van der Waals surface area contributed by atoms with Gasteiger partial charge < -0.3 is 4.90 Å². The summed E-state index contributed by atoms with van der Waals surface area (Å²) < 4.78 is 1.24. The molecule has 0 aliphatic heterocycles. The molecular formula is C16H13N3S. The number of nitrogens with zero attached hydrogens (tertiary/aromatic N) is 3. The molecule has 0 radical (unpaired) electrons. The Hall–Kier alpha value is -2.20. The molecule has 0 saturated carbocycles. The number of para-hydroxylation sites is 2. The average molecular weight is 279 g/mol. The van der Waals surface area contributed by atoms with Gasteiger partial charge in [0, 0.05) is 29.9 Å². The summed E-state index contributed by atoms with van der Waals surface area (Å²) in [6.07, 6.45) is 0. The van der Waals surface area contributed by atoms with E-state index in [2.05, 4.69) is 37.2 Å². The van der Waals surface area contributed by atoms with Gasteiger partial charge in [0.15, 0.2) is 0 Å².